The highest BCUT2D eigenvalue weighted by atomic mass is 17.2. The highest BCUT2D eigenvalue weighted by Gasteiger charge is 2.05. The topological polar surface area (TPSA) is 61.8 Å². The Labute approximate surface area is 62.5 Å². The Balaban J connectivity index is 2.53. The van der Waals surface area contributed by atoms with Gasteiger partial charge in [-0.2, -0.15) is 4.89 Å². The maximum atomic E-state index is 10.6. The lowest BCUT2D eigenvalue weighted by atomic mass is 10.5. The highest BCUT2D eigenvalue weighted by molar-refractivity contribution is 5.91. The number of carbonyl (C=O) groups is 2. The summed E-state index contributed by atoms with van der Waals surface area (Å²) in [5.41, 5.74) is 0. The zero-order chi connectivity index (χ0) is 8.10. The molecule has 0 aromatic heterocycles. The van der Waals surface area contributed by atoms with Crippen molar-refractivity contribution in [2.45, 2.75) is 0 Å². The largest absolute Gasteiger partial charge is 0.460 e. The molecule has 0 N–H and O–H groups in total. The Kier molecular flexibility index (Phi) is 2.62. The average Bonchev–Trinajstić information content (AvgIpc) is 2.06. The summed E-state index contributed by atoms with van der Waals surface area (Å²) in [6, 6.07) is 0. The molecule has 0 unspecified atom stereocenters. The Morgan fingerprint density at radius 1 is 1.09 bits per heavy atom. The van der Waals surface area contributed by atoms with Crippen LogP contribution in [0.3, 0.4) is 0 Å². The first-order chi connectivity index (χ1) is 5.29. The van der Waals surface area contributed by atoms with Crippen molar-refractivity contribution in [3.05, 3.63) is 12.2 Å². The quantitative estimate of drug-likeness (QED) is 0.353. The minimum Gasteiger partial charge on any atom is -0.460 e. The highest BCUT2D eigenvalue weighted by Crippen LogP contribution is 1.90. The van der Waals surface area contributed by atoms with Gasteiger partial charge in [-0.05, 0) is 0 Å². The summed E-state index contributed by atoms with van der Waals surface area (Å²) in [6.07, 6.45) is 1.92. The van der Waals surface area contributed by atoms with E-state index in [1.54, 1.807) is 0 Å². The van der Waals surface area contributed by atoms with Gasteiger partial charge in [0, 0.05) is 12.2 Å². The van der Waals surface area contributed by atoms with Gasteiger partial charge in [0.05, 0.1) is 0 Å². The van der Waals surface area contributed by atoms with Crippen LogP contribution in [0.2, 0.25) is 0 Å². The lowest BCUT2D eigenvalue weighted by Gasteiger charge is -1.98. The molecule has 0 saturated heterocycles. The lowest BCUT2D eigenvalue weighted by molar-refractivity contribution is -0.270. The number of ether oxygens (including phenoxy) is 1. The van der Waals surface area contributed by atoms with E-state index in [2.05, 4.69) is 14.5 Å². The Hall–Kier alpha value is -1.36. The number of hydrogen-bond donors (Lipinski definition) is 0. The summed E-state index contributed by atoms with van der Waals surface area (Å²) in [7, 11) is 0. The van der Waals surface area contributed by atoms with Gasteiger partial charge in [-0.3, -0.25) is 4.89 Å². The predicted molar refractivity (Wildman–Crippen MR) is 32.1 cm³/mol. The molecule has 5 nitrogen and oxygen atoms in total. The molecule has 11 heavy (non-hydrogen) atoms. The van der Waals surface area contributed by atoms with Crippen molar-refractivity contribution in [2.24, 2.45) is 0 Å². The lowest BCUT2D eigenvalue weighted by Crippen LogP contribution is -2.07. The summed E-state index contributed by atoms with van der Waals surface area (Å²) in [5, 5.41) is 0. The van der Waals surface area contributed by atoms with Crippen molar-refractivity contribution in [1.29, 1.82) is 0 Å². The molecule has 1 aliphatic rings. The molecule has 0 aromatic carbocycles. The molecular formula is C6H6O5. The molecule has 0 saturated carbocycles. The van der Waals surface area contributed by atoms with Gasteiger partial charge in [0.25, 0.3) is 0 Å². The molecule has 0 aliphatic carbocycles. The molecule has 60 valence electrons. The number of cyclic esters (lactones) is 1. The predicted octanol–water partition coefficient (Wildman–Crippen LogP) is -0.426. The van der Waals surface area contributed by atoms with Crippen LogP contribution in [0.4, 0.5) is 0 Å². The fourth-order valence-electron chi connectivity index (χ4n) is 0.488. The first-order valence-electron chi connectivity index (χ1n) is 2.97. The normalized spacial score (nSPS) is 22.2. The third-order valence-electron chi connectivity index (χ3n) is 0.908. The Morgan fingerprint density at radius 2 is 1.82 bits per heavy atom. The fraction of sp³-hybridized carbons (Fsp3) is 0.333. The van der Waals surface area contributed by atoms with E-state index in [1.165, 1.54) is 0 Å². The molecule has 0 radical (unpaired) electrons. The van der Waals surface area contributed by atoms with Crippen molar-refractivity contribution in [2.75, 3.05) is 13.2 Å². The summed E-state index contributed by atoms with van der Waals surface area (Å²) in [6.45, 7) is 0.135. The van der Waals surface area contributed by atoms with Gasteiger partial charge >= 0.3 is 11.9 Å². The van der Waals surface area contributed by atoms with Crippen LogP contribution in [0.25, 0.3) is 0 Å². The standard InChI is InChI=1S/C6H6O5/c7-5-1-2-6(8)11-10-4-3-9-5/h1-2H,3-4H2/b2-1-. The molecule has 0 spiro atoms. The summed E-state index contributed by atoms with van der Waals surface area (Å²) < 4.78 is 4.53. The van der Waals surface area contributed by atoms with E-state index in [1.807, 2.05) is 0 Å². The summed E-state index contributed by atoms with van der Waals surface area (Å²) in [4.78, 5) is 29.5. The molecule has 0 bridgehead atoms. The molecule has 1 rings (SSSR count). The first-order valence-corrected chi connectivity index (χ1v) is 2.97. The Bertz CT molecular complexity index is 175. The third kappa shape index (κ3) is 2.81. The SMILES string of the molecule is O=C1/C=C\C(=O)OOCCO1. The number of carbonyl (C=O) groups excluding carboxylic acids is 2. The van der Waals surface area contributed by atoms with Crippen LogP contribution in [-0.2, 0) is 24.1 Å². The van der Waals surface area contributed by atoms with E-state index >= 15 is 0 Å². The number of rotatable bonds is 0. The molecule has 1 heterocycles. The number of esters is 1. The molecule has 1 aliphatic heterocycles. The van der Waals surface area contributed by atoms with Crippen LogP contribution in [-0.4, -0.2) is 25.2 Å². The maximum absolute atomic E-state index is 10.6. The van der Waals surface area contributed by atoms with Crippen LogP contribution in [0.5, 0.6) is 0 Å². The third-order valence-corrected chi connectivity index (χ3v) is 0.908. The minimum absolute atomic E-state index is 0.0547. The van der Waals surface area contributed by atoms with Crippen LogP contribution < -0.4 is 0 Å². The van der Waals surface area contributed by atoms with E-state index in [4.69, 9.17) is 0 Å². The van der Waals surface area contributed by atoms with Crippen molar-refractivity contribution >= 4 is 11.9 Å². The maximum Gasteiger partial charge on any atom is 0.366 e. The Morgan fingerprint density at radius 3 is 2.64 bits per heavy atom. The smallest absolute Gasteiger partial charge is 0.366 e. The fourth-order valence-corrected chi connectivity index (χ4v) is 0.488. The zero-order valence-electron chi connectivity index (χ0n) is 5.61. The second kappa shape index (κ2) is 3.72. The molecule has 0 amide bonds. The molecule has 0 aromatic rings. The van der Waals surface area contributed by atoms with Crippen LogP contribution in [0.15, 0.2) is 12.2 Å². The monoisotopic (exact) mass is 158 g/mol. The van der Waals surface area contributed by atoms with E-state index in [-0.39, 0.29) is 13.2 Å². The van der Waals surface area contributed by atoms with Crippen molar-refractivity contribution in [1.82, 2.24) is 0 Å². The zero-order valence-corrected chi connectivity index (χ0v) is 5.61. The van der Waals surface area contributed by atoms with Gasteiger partial charge in [-0.25, -0.2) is 9.59 Å². The second-order valence-corrected chi connectivity index (χ2v) is 1.73. The number of hydrogen-bond acceptors (Lipinski definition) is 5. The van der Waals surface area contributed by atoms with Crippen molar-refractivity contribution < 1.29 is 24.1 Å². The van der Waals surface area contributed by atoms with Gasteiger partial charge in [-0.1, -0.05) is 0 Å². The van der Waals surface area contributed by atoms with Gasteiger partial charge in [-0.15, -0.1) is 0 Å². The first kappa shape index (κ1) is 7.74. The van der Waals surface area contributed by atoms with Crippen LogP contribution >= 0.6 is 0 Å². The van der Waals surface area contributed by atoms with E-state index in [0.717, 1.165) is 12.2 Å². The van der Waals surface area contributed by atoms with Gasteiger partial charge in [0.15, 0.2) is 0 Å². The summed E-state index contributed by atoms with van der Waals surface area (Å²) >= 11 is 0. The van der Waals surface area contributed by atoms with Crippen molar-refractivity contribution in [3.8, 4) is 0 Å². The van der Waals surface area contributed by atoms with Gasteiger partial charge < -0.3 is 4.74 Å². The van der Waals surface area contributed by atoms with E-state index in [9.17, 15) is 9.59 Å². The molecular weight excluding hydrogens is 152 g/mol. The summed E-state index contributed by atoms with van der Waals surface area (Å²) in [5.74, 6) is -1.30. The van der Waals surface area contributed by atoms with Gasteiger partial charge in [0.1, 0.15) is 13.2 Å². The molecule has 0 atom stereocenters. The molecule has 5 heteroatoms. The van der Waals surface area contributed by atoms with Crippen LogP contribution in [0, 0.1) is 0 Å². The van der Waals surface area contributed by atoms with Crippen LogP contribution in [0.1, 0.15) is 0 Å². The second-order valence-electron chi connectivity index (χ2n) is 1.73. The van der Waals surface area contributed by atoms with Gasteiger partial charge in [0.2, 0.25) is 0 Å². The average molecular weight is 158 g/mol. The minimum atomic E-state index is -0.719. The van der Waals surface area contributed by atoms with Crippen molar-refractivity contribution in [3.63, 3.8) is 0 Å². The van der Waals surface area contributed by atoms with E-state index in [0.29, 0.717) is 0 Å². The molecule has 0 fully saturated rings. The van der Waals surface area contributed by atoms with E-state index < -0.39 is 11.9 Å².